The van der Waals surface area contributed by atoms with Crippen LogP contribution < -0.4 is 15.0 Å². The lowest BCUT2D eigenvalue weighted by atomic mass is 9.96. The lowest BCUT2D eigenvalue weighted by molar-refractivity contribution is 0.171. The Balaban J connectivity index is 1.27. The molecule has 1 aromatic carbocycles. The van der Waals surface area contributed by atoms with Gasteiger partial charge < -0.3 is 20.1 Å². The van der Waals surface area contributed by atoms with Gasteiger partial charge in [0.05, 0.1) is 31.1 Å². The van der Waals surface area contributed by atoms with Gasteiger partial charge >= 0.3 is 0 Å². The molecule has 2 saturated heterocycles. The number of halogens is 2. The maximum Gasteiger partial charge on any atom is 0.213 e. The largest absolute Gasteiger partial charge is 0.507 e. The third kappa shape index (κ3) is 4.05. The van der Waals surface area contributed by atoms with E-state index in [0.717, 1.165) is 38.3 Å². The SMILES string of the molecule is COc1cc(-c2ccc(-c3ncc(N(C4CC4)[C@@H]4C[C@@H]5CC[C@@H](N5)[C@@H]4F)nn3)c(O)c2)c(F)cn1. The van der Waals surface area contributed by atoms with Crippen LogP contribution in [0.3, 0.4) is 0 Å². The van der Waals surface area contributed by atoms with E-state index in [1.165, 1.54) is 19.2 Å². The average Bonchev–Trinajstić information content (AvgIpc) is 3.62. The Hall–Kier alpha value is -3.40. The predicted octanol–water partition coefficient (Wildman–Crippen LogP) is 3.65. The first-order chi connectivity index (χ1) is 17.0. The fraction of sp³-hybridized carbons (Fsp3) is 0.440. The molecule has 35 heavy (non-hydrogen) atoms. The summed E-state index contributed by atoms with van der Waals surface area (Å²) < 4.78 is 34.6. The lowest BCUT2D eigenvalue weighted by Crippen LogP contribution is -2.57. The Bertz CT molecular complexity index is 1240. The van der Waals surface area contributed by atoms with Gasteiger partial charge in [-0.25, -0.2) is 18.7 Å². The Morgan fingerprint density at radius 1 is 1.06 bits per heavy atom. The van der Waals surface area contributed by atoms with Crippen LogP contribution in [0.5, 0.6) is 11.6 Å². The highest BCUT2D eigenvalue weighted by molar-refractivity contribution is 5.73. The molecule has 3 fully saturated rings. The van der Waals surface area contributed by atoms with Crippen molar-refractivity contribution in [1.29, 1.82) is 0 Å². The van der Waals surface area contributed by atoms with E-state index in [9.17, 15) is 9.50 Å². The number of pyridine rings is 1. The number of ether oxygens (including phenoxy) is 1. The van der Waals surface area contributed by atoms with Gasteiger partial charge in [-0.1, -0.05) is 6.07 Å². The number of benzene rings is 1. The van der Waals surface area contributed by atoms with E-state index < -0.39 is 12.0 Å². The summed E-state index contributed by atoms with van der Waals surface area (Å²) in [5.74, 6) is 0.435. The monoisotopic (exact) mass is 480 g/mol. The zero-order valence-electron chi connectivity index (χ0n) is 19.2. The topological polar surface area (TPSA) is 96.3 Å². The second-order valence-electron chi connectivity index (χ2n) is 9.51. The molecular weight excluding hydrogens is 454 g/mol. The van der Waals surface area contributed by atoms with E-state index >= 15 is 4.39 Å². The highest BCUT2D eigenvalue weighted by atomic mass is 19.1. The zero-order chi connectivity index (χ0) is 24.1. The van der Waals surface area contributed by atoms with E-state index in [1.54, 1.807) is 18.3 Å². The van der Waals surface area contributed by atoms with Crippen LogP contribution in [0.15, 0.2) is 36.7 Å². The van der Waals surface area contributed by atoms with Crippen molar-refractivity contribution in [3.8, 4) is 34.1 Å². The highest BCUT2D eigenvalue weighted by Gasteiger charge is 2.48. The van der Waals surface area contributed by atoms with E-state index in [2.05, 4.69) is 30.4 Å². The number of phenols is 1. The van der Waals surface area contributed by atoms with E-state index in [1.807, 2.05) is 0 Å². The number of alkyl halides is 1. The highest BCUT2D eigenvalue weighted by Crippen LogP contribution is 2.40. The van der Waals surface area contributed by atoms with Crippen LogP contribution >= 0.6 is 0 Å². The maximum atomic E-state index is 15.3. The molecule has 10 heteroatoms. The molecule has 2 bridgehead atoms. The number of hydrogen-bond acceptors (Lipinski definition) is 8. The molecule has 3 aliphatic rings. The standard InChI is InChI=1S/C25H26F2N6O2/c1-35-23-10-17(18(26)11-28-23)13-2-6-16(21(34)8-13)25-29-12-22(31-32-25)33(15-4-5-15)20-9-14-3-7-19(30-14)24(20)27/h2,6,8,10-12,14-15,19-20,24,30,34H,3-5,7,9H2,1H3/t14-,19+,20+,24-/m0/s1. The van der Waals surface area contributed by atoms with Gasteiger partial charge in [-0.2, -0.15) is 0 Å². The second kappa shape index (κ2) is 8.67. The number of anilines is 1. The van der Waals surface area contributed by atoms with Crippen molar-refractivity contribution in [2.45, 2.75) is 62.4 Å². The Morgan fingerprint density at radius 3 is 2.63 bits per heavy atom. The first-order valence-electron chi connectivity index (χ1n) is 11.9. The molecule has 3 aromatic rings. The van der Waals surface area contributed by atoms with Crippen LogP contribution in [0.4, 0.5) is 14.6 Å². The summed E-state index contributed by atoms with van der Waals surface area (Å²) in [6.45, 7) is 0. The van der Waals surface area contributed by atoms with Gasteiger partial charge in [-0.3, -0.25) is 0 Å². The van der Waals surface area contributed by atoms with Crippen molar-refractivity contribution in [2.24, 2.45) is 0 Å². The fourth-order valence-electron chi connectivity index (χ4n) is 5.38. The van der Waals surface area contributed by atoms with Crippen LogP contribution in [0.2, 0.25) is 0 Å². The molecule has 2 aliphatic heterocycles. The van der Waals surface area contributed by atoms with E-state index in [0.29, 0.717) is 23.0 Å². The smallest absolute Gasteiger partial charge is 0.213 e. The van der Waals surface area contributed by atoms with Crippen molar-refractivity contribution < 1.29 is 18.6 Å². The van der Waals surface area contributed by atoms with Crippen LogP contribution in [0.25, 0.3) is 22.5 Å². The lowest BCUT2D eigenvalue weighted by Gasteiger charge is -2.40. The normalized spacial score (nSPS) is 25.5. The van der Waals surface area contributed by atoms with Gasteiger partial charge in [0.1, 0.15) is 17.7 Å². The van der Waals surface area contributed by atoms with E-state index in [-0.39, 0.29) is 41.1 Å². The molecule has 2 N–H and O–H groups in total. The van der Waals surface area contributed by atoms with Crippen molar-refractivity contribution in [3.63, 3.8) is 0 Å². The summed E-state index contributed by atoms with van der Waals surface area (Å²) in [7, 11) is 1.45. The third-order valence-corrected chi connectivity index (χ3v) is 7.25. The average molecular weight is 481 g/mol. The fourth-order valence-corrected chi connectivity index (χ4v) is 5.38. The number of nitrogens with zero attached hydrogens (tertiary/aromatic N) is 5. The molecule has 2 aromatic heterocycles. The summed E-state index contributed by atoms with van der Waals surface area (Å²) in [4.78, 5) is 10.4. The number of fused-ring (bicyclic) bond motifs is 2. The van der Waals surface area contributed by atoms with Gasteiger partial charge in [0.2, 0.25) is 5.88 Å². The number of phenolic OH excluding ortho intramolecular Hbond substituents is 1. The van der Waals surface area contributed by atoms with Crippen molar-refractivity contribution in [3.05, 3.63) is 42.5 Å². The molecule has 1 saturated carbocycles. The molecule has 1 aliphatic carbocycles. The van der Waals surface area contributed by atoms with Crippen molar-refractivity contribution in [2.75, 3.05) is 12.0 Å². The number of aromatic hydroxyl groups is 1. The predicted molar refractivity (Wildman–Crippen MR) is 125 cm³/mol. The number of aromatic nitrogens is 4. The van der Waals surface area contributed by atoms with Crippen LogP contribution in [0.1, 0.15) is 32.1 Å². The molecule has 4 heterocycles. The maximum absolute atomic E-state index is 15.3. The van der Waals surface area contributed by atoms with Gasteiger partial charge in [-0.15, -0.1) is 10.2 Å². The van der Waals surface area contributed by atoms with Gasteiger partial charge in [-0.05, 0) is 49.8 Å². The summed E-state index contributed by atoms with van der Waals surface area (Å²) in [5, 5.41) is 22.7. The molecular formula is C25H26F2N6O2. The van der Waals surface area contributed by atoms with Gasteiger partial charge in [0.25, 0.3) is 0 Å². The minimum absolute atomic E-state index is 0.0964. The number of piperidine rings is 1. The second-order valence-corrected chi connectivity index (χ2v) is 9.51. The van der Waals surface area contributed by atoms with Crippen LogP contribution in [-0.4, -0.2) is 62.7 Å². The molecule has 4 atom stereocenters. The molecule has 0 unspecified atom stereocenters. The minimum atomic E-state index is -0.959. The number of rotatable bonds is 6. The van der Waals surface area contributed by atoms with Crippen molar-refractivity contribution >= 4 is 5.82 Å². The Kier molecular flexibility index (Phi) is 5.47. The first-order valence-corrected chi connectivity index (χ1v) is 11.9. The molecule has 0 spiro atoms. The Labute approximate surface area is 201 Å². The summed E-state index contributed by atoms with van der Waals surface area (Å²) in [6, 6.07) is 6.47. The van der Waals surface area contributed by atoms with Gasteiger partial charge in [0, 0.05) is 29.8 Å². The quantitative estimate of drug-likeness (QED) is 0.552. The van der Waals surface area contributed by atoms with Gasteiger partial charge in [0.15, 0.2) is 11.6 Å². The van der Waals surface area contributed by atoms with E-state index in [4.69, 9.17) is 4.74 Å². The van der Waals surface area contributed by atoms with Crippen LogP contribution in [0, 0.1) is 5.82 Å². The number of nitrogens with one attached hydrogen (secondary N) is 1. The molecule has 182 valence electrons. The molecule has 0 amide bonds. The number of hydrogen-bond donors (Lipinski definition) is 2. The molecule has 8 nitrogen and oxygen atoms in total. The Morgan fingerprint density at radius 2 is 1.91 bits per heavy atom. The summed E-state index contributed by atoms with van der Waals surface area (Å²) in [5.41, 5.74) is 1.09. The minimum Gasteiger partial charge on any atom is -0.507 e. The number of methoxy groups -OCH3 is 1. The molecule has 6 rings (SSSR count). The zero-order valence-corrected chi connectivity index (χ0v) is 19.2. The van der Waals surface area contributed by atoms with Crippen molar-refractivity contribution in [1.82, 2.24) is 25.5 Å². The summed E-state index contributed by atoms with van der Waals surface area (Å²) >= 11 is 0. The third-order valence-electron chi connectivity index (χ3n) is 7.25. The first kappa shape index (κ1) is 22.1. The van der Waals surface area contributed by atoms with Crippen LogP contribution in [-0.2, 0) is 0 Å². The summed E-state index contributed by atoms with van der Waals surface area (Å²) in [6.07, 6.45) is 6.37. The molecule has 0 radical (unpaired) electrons.